The van der Waals surface area contributed by atoms with Crippen molar-refractivity contribution >= 4 is 33.5 Å². The first-order valence-electron chi connectivity index (χ1n) is 10.0. The largest absolute Gasteiger partial charge is 0.401 e. The maximum absolute atomic E-state index is 15.0. The number of hydrogen-bond acceptors (Lipinski definition) is 5. The van der Waals surface area contributed by atoms with Crippen molar-refractivity contribution in [2.45, 2.75) is 31.4 Å². The summed E-state index contributed by atoms with van der Waals surface area (Å²) in [6, 6.07) is 4.28. The van der Waals surface area contributed by atoms with Gasteiger partial charge in [0.2, 0.25) is 0 Å². The van der Waals surface area contributed by atoms with Gasteiger partial charge in [0, 0.05) is 28.9 Å². The van der Waals surface area contributed by atoms with E-state index in [0.29, 0.717) is 39.9 Å². The number of aromatic nitrogens is 3. The number of likely N-dealkylation sites (tertiary alicyclic amines) is 1. The number of likely N-dealkylation sites (N-methyl/N-ethyl adjacent to an activating group) is 1. The van der Waals surface area contributed by atoms with Crippen LogP contribution in [0.3, 0.4) is 0 Å². The summed E-state index contributed by atoms with van der Waals surface area (Å²) in [5.41, 5.74) is 8.75. The Balaban J connectivity index is 1.65. The molecule has 6 nitrogen and oxygen atoms in total. The molecule has 2 aromatic heterocycles. The SMILES string of the molecule is CN1CC(n2c(CN/C=C(\N)C3CC3)nc3cnc4ccc(Cl)cc4c32)C(F)(F)C1. The van der Waals surface area contributed by atoms with E-state index < -0.39 is 12.0 Å². The second-order valence-electron chi connectivity index (χ2n) is 8.32. The lowest BCUT2D eigenvalue weighted by Gasteiger charge is -2.23. The van der Waals surface area contributed by atoms with Crippen molar-refractivity contribution in [3.63, 3.8) is 0 Å². The normalized spacial score (nSPS) is 22.3. The molecule has 1 unspecified atom stereocenters. The van der Waals surface area contributed by atoms with Crippen molar-refractivity contribution < 1.29 is 8.78 Å². The average molecular weight is 433 g/mol. The van der Waals surface area contributed by atoms with Gasteiger partial charge in [0.1, 0.15) is 17.4 Å². The third kappa shape index (κ3) is 3.37. The number of imidazole rings is 1. The van der Waals surface area contributed by atoms with E-state index in [9.17, 15) is 8.78 Å². The number of alkyl halides is 2. The molecule has 1 saturated heterocycles. The monoisotopic (exact) mass is 432 g/mol. The molecule has 30 heavy (non-hydrogen) atoms. The lowest BCUT2D eigenvalue weighted by Crippen LogP contribution is -2.31. The summed E-state index contributed by atoms with van der Waals surface area (Å²) < 4.78 is 31.7. The van der Waals surface area contributed by atoms with Crippen LogP contribution in [0.5, 0.6) is 0 Å². The number of nitrogens with one attached hydrogen (secondary N) is 1. The molecule has 3 aromatic rings. The van der Waals surface area contributed by atoms with Crippen LogP contribution in [0.1, 0.15) is 24.7 Å². The maximum atomic E-state index is 15.0. The van der Waals surface area contributed by atoms with Gasteiger partial charge in [-0.15, -0.1) is 0 Å². The zero-order valence-corrected chi connectivity index (χ0v) is 17.3. The molecule has 1 aliphatic carbocycles. The van der Waals surface area contributed by atoms with Gasteiger partial charge >= 0.3 is 0 Å². The van der Waals surface area contributed by atoms with E-state index in [1.54, 1.807) is 47.1 Å². The summed E-state index contributed by atoms with van der Waals surface area (Å²) in [7, 11) is 1.71. The molecular formula is C21H23ClF2N6. The van der Waals surface area contributed by atoms with Gasteiger partial charge in [-0.3, -0.25) is 9.88 Å². The fourth-order valence-corrected chi connectivity index (χ4v) is 4.45. The Bertz CT molecular complexity index is 1150. The van der Waals surface area contributed by atoms with E-state index in [0.717, 1.165) is 23.9 Å². The predicted molar refractivity (Wildman–Crippen MR) is 113 cm³/mol. The number of allylic oxidation sites excluding steroid dienone is 1. The highest BCUT2D eigenvalue weighted by Crippen LogP contribution is 2.40. The van der Waals surface area contributed by atoms with Crippen molar-refractivity contribution in [1.29, 1.82) is 0 Å². The molecule has 3 N–H and O–H groups in total. The Morgan fingerprint density at radius 3 is 2.87 bits per heavy atom. The minimum absolute atomic E-state index is 0.232. The van der Waals surface area contributed by atoms with E-state index in [2.05, 4.69) is 15.3 Å². The highest BCUT2D eigenvalue weighted by molar-refractivity contribution is 6.31. The molecule has 0 amide bonds. The number of benzene rings is 1. The van der Waals surface area contributed by atoms with Gasteiger partial charge in [-0.25, -0.2) is 13.8 Å². The van der Waals surface area contributed by atoms with Gasteiger partial charge in [0.05, 0.1) is 30.3 Å². The van der Waals surface area contributed by atoms with Crippen LogP contribution in [0.2, 0.25) is 5.02 Å². The van der Waals surface area contributed by atoms with Crippen LogP contribution in [0.25, 0.3) is 21.9 Å². The third-order valence-electron chi connectivity index (χ3n) is 5.89. The molecule has 1 aliphatic heterocycles. The quantitative estimate of drug-likeness (QED) is 0.643. The summed E-state index contributed by atoms with van der Waals surface area (Å²) in [6.07, 6.45) is 5.60. The van der Waals surface area contributed by atoms with Crippen LogP contribution in [-0.4, -0.2) is 45.5 Å². The predicted octanol–water partition coefficient (Wildman–Crippen LogP) is 3.66. The lowest BCUT2D eigenvalue weighted by molar-refractivity contribution is -0.0201. The summed E-state index contributed by atoms with van der Waals surface area (Å²) in [4.78, 5) is 10.7. The standard InChI is InChI=1S/C21H23ClF2N6/c1-29-10-18(21(23,24)11-29)30-19(9-26-7-15(25)12-2-3-12)28-17-8-27-16-5-4-13(22)6-14(16)20(17)30/h4-8,12,18,26H,2-3,9-11,25H2,1H3/b15-7-. The molecule has 5 rings (SSSR count). The third-order valence-corrected chi connectivity index (χ3v) is 6.13. The topological polar surface area (TPSA) is 72.0 Å². The molecule has 0 radical (unpaired) electrons. The Kier molecular flexibility index (Phi) is 4.59. The molecule has 1 saturated carbocycles. The van der Waals surface area contributed by atoms with Crippen molar-refractivity contribution in [3.05, 3.63) is 47.1 Å². The first-order chi connectivity index (χ1) is 14.3. The molecule has 1 atom stereocenters. The van der Waals surface area contributed by atoms with Crippen molar-refractivity contribution in [3.8, 4) is 0 Å². The highest BCUT2D eigenvalue weighted by atomic mass is 35.5. The fraction of sp³-hybridized carbons (Fsp3) is 0.429. The van der Waals surface area contributed by atoms with Gasteiger partial charge < -0.3 is 15.6 Å². The highest BCUT2D eigenvalue weighted by Gasteiger charge is 2.49. The van der Waals surface area contributed by atoms with E-state index in [4.69, 9.17) is 17.3 Å². The maximum Gasteiger partial charge on any atom is 0.282 e. The van der Waals surface area contributed by atoms with Crippen LogP contribution in [0, 0.1) is 5.92 Å². The number of pyridine rings is 1. The van der Waals surface area contributed by atoms with Crippen LogP contribution < -0.4 is 11.1 Å². The zero-order chi connectivity index (χ0) is 21.0. The molecular weight excluding hydrogens is 410 g/mol. The lowest BCUT2D eigenvalue weighted by atomic mass is 10.1. The number of rotatable bonds is 5. The number of nitrogens with two attached hydrogens (primary N) is 1. The zero-order valence-electron chi connectivity index (χ0n) is 16.6. The summed E-state index contributed by atoms with van der Waals surface area (Å²) in [5, 5.41) is 4.42. The van der Waals surface area contributed by atoms with Crippen molar-refractivity contribution in [2.75, 3.05) is 20.1 Å². The number of fused-ring (bicyclic) bond motifs is 3. The number of hydrogen-bond donors (Lipinski definition) is 2. The fourth-order valence-electron chi connectivity index (χ4n) is 4.28. The van der Waals surface area contributed by atoms with Crippen LogP contribution in [0.15, 0.2) is 36.3 Å². The molecule has 2 fully saturated rings. The van der Waals surface area contributed by atoms with Gasteiger partial charge in [-0.2, -0.15) is 0 Å². The second-order valence-corrected chi connectivity index (χ2v) is 8.76. The van der Waals surface area contributed by atoms with Gasteiger partial charge in [0.15, 0.2) is 0 Å². The van der Waals surface area contributed by atoms with Crippen LogP contribution in [0.4, 0.5) is 8.78 Å². The molecule has 0 spiro atoms. The summed E-state index contributed by atoms with van der Waals surface area (Å²) in [6.45, 7) is 0.235. The molecule has 1 aromatic carbocycles. The van der Waals surface area contributed by atoms with Crippen LogP contribution in [-0.2, 0) is 6.54 Å². The Morgan fingerprint density at radius 2 is 2.17 bits per heavy atom. The number of halogens is 3. The number of nitrogens with zero attached hydrogens (tertiary/aromatic N) is 4. The van der Waals surface area contributed by atoms with Crippen molar-refractivity contribution in [1.82, 2.24) is 24.8 Å². The summed E-state index contributed by atoms with van der Waals surface area (Å²) >= 11 is 6.22. The minimum Gasteiger partial charge on any atom is -0.401 e. The van der Waals surface area contributed by atoms with E-state index in [1.807, 2.05) is 0 Å². The first kappa shape index (κ1) is 19.5. The Morgan fingerprint density at radius 1 is 1.37 bits per heavy atom. The van der Waals surface area contributed by atoms with E-state index in [-0.39, 0.29) is 13.1 Å². The van der Waals surface area contributed by atoms with E-state index in [1.165, 1.54) is 0 Å². The van der Waals surface area contributed by atoms with Crippen molar-refractivity contribution in [2.24, 2.45) is 11.7 Å². The van der Waals surface area contributed by atoms with Gasteiger partial charge in [0.25, 0.3) is 5.92 Å². The average Bonchev–Trinajstić information content (AvgIpc) is 3.41. The Labute approximate surface area is 177 Å². The Hall–Kier alpha value is -2.45. The summed E-state index contributed by atoms with van der Waals surface area (Å²) in [5.74, 6) is -1.92. The molecule has 2 aliphatic rings. The second kappa shape index (κ2) is 7.06. The van der Waals surface area contributed by atoms with E-state index >= 15 is 0 Å². The van der Waals surface area contributed by atoms with Gasteiger partial charge in [-0.1, -0.05) is 11.6 Å². The molecule has 0 bridgehead atoms. The molecule has 9 heteroatoms. The van der Waals surface area contributed by atoms with Crippen LogP contribution >= 0.6 is 11.6 Å². The van der Waals surface area contributed by atoms with Gasteiger partial charge in [-0.05, 0) is 44.0 Å². The molecule has 3 heterocycles. The molecule has 158 valence electrons. The first-order valence-corrected chi connectivity index (χ1v) is 10.4. The smallest absolute Gasteiger partial charge is 0.282 e. The minimum atomic E-state index is -2.88.